The van der Waals surface area contributed by atoms with Crippen LogP contribution in [0.2, 0.25) is 0 Å². The minimum absolute atomic E-state index is 0.142. The van der Waals surface area contributed by atoms with Gasteiger partial charge in [-0.3, -0.25) is 4.57 Å². The Labute approximate surface area is 280 Å². The lowest BCUT2D eigenvalue weighted by Gasteiger charge is -2.19. The van der Waals surface area contributed by atoms with Gasteiger partial charge in [-0.05, 0) is 41.0 Å². The molecule has 4 heterocycles. The van der Waals surface area contributed by atoms with Crippen LogP contribution in [0.25, 0.3) is 33.5 Å². The summed E-state index contributed by atoms with van der Waals surface area (Å²) in [7, 11) is 1.57. The van der Waals surface area contributed by atoms with Gasteiger partial charge in [-0.1, -0.05) is 54.6 Å². The number of nitrogens with one attached hydrogen (secondary N) is 1. The molecule has 2 aliphatic heterocycles. The number of aromatic amines is 1. The number of hydrogen-bond donors (Lipinski definition) is 1. The number of carbonyl (C=O) groups is 2. The molecule has 5 aromatic rings. The average molecular weight is 671 g/mol. The SMILES string of the molecule is CCOc1nc2cccc(C(=O)OC(C)OC(=O)O[C@@H]3CO[C@H]4[C@@H]3OC[C@H]4OC)c2n1Cc1ccc(-c2ccccc2-c2nn[nH]n2)cc1. The van der Waals surface area contributed by atoms with Crippen molar-refractivity contribution in [2.24, 2.45) is 0 Å². The Balaban J connectivity index is 1.07. The van der Waals surface area contributed by atoms with Gasteiger partial charge in [0.1, 0.15) is 18.3 Å². The molecule has 254 valence electrons. The van der Waals surface area contributed by atoms with Gasteiger partial charge in [-0.15, -0.1) is 10.2 Å². The molecule has 1 unspecified atom stereocenters. The van der Waals surface area contributed by atoms with Crippen LogP contribution in [0.5, 0.6) is 6.01 Å². The largest absolute Gasteiger partial charge is 0.511 e. The average Bonchev–Trinajstić information content (AvgIpc) is 3.92. The van der Waals surface area contributed by atoms with Crippen molar-refractivity contribution in [2.45, 2.75) is 51.1 Å². The van der Waals surface area contributed by atoms with E-state index in [0.29, 0.717) is 42.6 Å². The van der Waals surface area contributed by atoms with Crippen LogP contribution in [0, 0.1) is 0 Å². The van der Waals surface area contributed by atoms with Gasteiger partial charge < -0.3 is 33.2 Å². The molecule has 2 aromatic heterocycles. The highest BCUT2D eigenvalue weighted by Crippen LogP contribution is 2.32. The third kappa shape index (κ3) is 6.55. The maximum absolute atomic E-state index is 13.5. The molecule has 7 rings (SSSR count). The molecule has 15 nitrogen and oxygen atoms in total. The number of tetrazole rings is 1. The number of ether oxygens (including phenoxy) is 7. The molecule has 2 aliphatic rings. The summed E-state index contributed by atoms with van der Waals surface area (Å²) >= 11 is 0. The summed E-state index contributed by atoms with van der Waals surface area (Å²) in [5.41, 5.74) is 4.98. The van der Waals surface area contributed by atoms with Crippen molar-refractivity contribution in [3.63, 3.8) is 0 Å². The second-order valence-electron chi connectivity index (χ2n) is 11.4. The second-order valence-corrected chi connectivity index (χ2v) is 11.4. The maximum Gasteiger partial charge on any atom is 0.511 e. The van der Waals surface area contributed by atoms with Crippen molar-refractivity contribution in [1.82, 2.24) is 30.2 Å². The van der Waals surface area contributed by atoms with E-state index < -0.39 is 30.6 Å². The van der Waals surface area contributed by atoms with E-state index in [1.165, 1.54) is 6.92 Å². The van der Waals surface area contributed by atoms with Crippen molar-refractivity contribution in [1.29, 1.82) is 0 Å². The summed E-state index contributed by atoms with van der Waals surface area (Å²) in [5.74, 6) is -0.211. The monoisotopic (exact) mass is 670 g/mol. The van der Waals surface area contributed by atoms with Crippen molar-refractivity contribution >= 4 is 23.2 Å². The number of imidazole rings is 1. The topological polar surface area (TPSA) is 171 Å². The van der Waals surface area contributed by atoms with E-state index in [9.17, 15) is 9.59 Å². The Kier molecular flexibility index (Phi) is 9.19. The zero-order chi connectivity index (χ0) is 33.9. The predicted molar refractivity (Wildman–Crippen MR) is 172 cm³/mol. The molecule has 0 amide bonds. The molecule has 3 aromatic carbocycles. The van der Waals surface area contributed by atoms with Gasteiger partial charge >= 0.3 is 12.1 Å². The van der Waals surface area contributed by atoms with E-state index in [1.807, 2.05) is 60.0 Å². The van der Waals surface area contributed by atoms with Gasteiger partial charge in [0.15, 0.2) is 6.10 Å². The summed E-state index contributed by atoms with van der Waals surface area (Å²) in [6.07, 6.45) is -3.97. The number of carbonyl (C=O) groups excluding carboxylic acids is 2. The predicted octanol–water partition coefficient (Wildman–Crippen LogP) is 4.17. The van der Waals surface area contributed by atoms with Gasteiger partial charge in [0.05, 0.1) is 43.0 Å². The van der Waals surface area contributed by atoms with Crippen LogP contribution >= 0.6 is 0 Å². The fraction of sp³-hybridized carbons (Fsp3) is 0.353. The zero-order valence-electron chi connectivity index (χ0n) is 27.0. The van der Waals surface area contributed by atoms with E-state index in [-0.39, 0.29) is 24.4 Å². The normalized spacial score (nSPS) is 20.6. The molecule has 0 radical (unpaired) electrons. The number of hydrogen-bond acceptors (Lipinski definition) is 13. The highest BCUT2D eigenvalue weighted by molar-refractivity contribution is 6.02. The van der Waals surface area contributed by atoms with Gasteiger partial charge in [-0.2, -0.15) is 10.2 Å². The number of H-pyrrole nitrogens is 1. The van der Waals surface area contributed by atoms with Crippen molar-refractivity contribution in [3.05, 3.63) is 77.9 Å². The minimum Gasteiger partial charge on any atom is -0.465 e. The van der Waals surface area contributed by atoms with Crippen LogP contribution in [0.1, 0.15) is 29.8 Å². The first kappa shape index (κ1) is 32.2. The molecular weight excluding hydrogens is 636 g/mol. The van der Waals surface area contributed by atoms with Gasteiger partial charge in [-0.25, -0.2) is 9.59 Å². The van der Waals surface area contributed by atoms with Gasteiger partial charge in [0.2, 0.25) is 12.1 Å². The molecule has 5 atom stereocenters. The van der Waals surface area contributed by atoms with Crippen molar-refractivity contribution in [3.8, 4) is 28.5 Å². The zero-order valence-corrected chi connectivity index (χ0v) is 27.0. The molecular formula is C34H34N6O9. The quantitative estimate of drug-likeness (QED) is 0.157. The van der Waals surface area contributed by atoms with Gasteiger partial charge in [0, 0.05) is 19.6 Å². The molecule has 2 saturated heterocycles. The molecule has 0 saturated carbocycles. The summed E-state index contributed by atoms with van der Waals surface area (Å²) in [5, 5.41) is 14.5. The van der Waals surface area contributed by atoms with E-state index in [0.717, 1.165) is 22.3 Å². The number of aromatic nitrogens is 6. The standard InChI is InChI=1S/C34H34N6O9/c1-4-44-33-35-25-11-7-10-24(32(41)47-19(2)48-34(42)49-27-18-46-29-26(43-3)17-45-30(27)29)28(25)40(33)16-20-12-14-21(15-13-20)22-8-5-6-9-23(22)31-36-38-39-37-31/h5-15,19,26-27,29-30H,4,16-18H2,1-3H3,(H,36,37,38,39)/t19?,26-,27-,29-,30-/m1/s1. The summed E-state index contributed by atoms with van der Waals surface area (Å²) in [6.45, 7) is 4.49. The van der Waals surface area contributed by atoms with Crippen LogP contribution in [-0.4, -0.2) is 99.9 Å². The molecule has 2 fully saturated rings. The Hall–Kier alpha value is -5.38. The lowest BCUT2D eigenvalue weighted by molar-refractivity contribution is -0.0989. The number of nitrogens with zero attached hydrogens (tertiary/aromatic N) is 5. The van der Waals surface area contributed by atoms with Crippen LogP contribution in [0.4, 0.5) is 4.79 Å². The molecule has 0 spiro atoms. The van der Waals surface area contributed by atoms with E-state index >= 15 is 0 Å². The number of rotatable bonds is 11. The second kappa shape index (κ2) is 14.0. The smallest absolute Gasteiger partial charge is 0.465 e. The third-order valence-corrected chi connectivity index (χ3v) is 8.39. The number of esters is 1. The molecule has 1 N–H and O–H groups in total. The number of benzene rings is 3. The molecule has 15 heteroatoms. The number of para-hydroxylation sites is 1. The number of methoxy groups -OCH3 is 1. The third-order valence-electron chi connectivity index (χ3n) is 8.39. The van der Waals surface area contributed by atoms with Crippen LogP contribution in [-0.2, 0) is 35.0 Å². The Bertz CT molecular complexity index is 1930. The van der Waals surface area contributed by atoms with E-state index in [2.05, 4.69) is 25.6 Å². The highest BCUT2D eigenvalue weighted by atomic mass is 16.8. The van der Waals surface area contributed by atoms with Gasteiger partial charge in [0.25, 0.3) is 6.01 Å². The fourth-order valence-electron chi connectivity index (χ4n) is 6.15. The first-order valence-corrected chi connectivity index (χ1v) is 15.8. The first-order chi connectivity index (χ1) is 23.9. The Morgan fingerprint density at radius 3 is 2.45 bits per heavy atom. The van der Waals surface area contributed by atoms with E-state index in [1.54, 1.807) is 25.3 Å². The first-order valence-electron chi connectivity index (χ1n) is 15.8. The number of fused-ring (bicyclic) bond motifs is 2. The Morgan fingerprint density at radius 1 is 0.959 bits per heavy atom. The van der Waals surface area contributed by atoms with Crippen LogP contribution in [0.15, 0.2) is 66.7 Å². The molecule has 0 aliphatic carbocycles. The lowest BCUT2D eigenvalue weighted by Crippen LogP contribution is -2.35. The summed E-state index contributed by atoms with van der Waals surface area (Å²) < 4.78 is 40.7. The molecule has 49 heavy (non-hydrogen) atoms. The van der Waals surface area contributed by atoms with E-state index in [4.69, 9.17) is 33.2 Å². The maximum atomic E-state index is 13.5. The summed E-state index contributed by atoms with van der Waals surface area (Å²) in [6, 6.07) is 21.3. The fourth-order valence-corrected chi connectivity index (χ4v) is 6.15. The van der Waals surface area contributed by atoms with Crippen LogP contribution in [0.3, 0.4) is 0 Å². The van der Waals surface area contributed by atoms with Crippen molar-refractivity contribution < 1.29 is 42.7 Å². The summed E-state index contributed by atoms with van der Waals surface area (Å²) in [4.78, 5) is 30.7. The van der Waals surface area contributed by atoms with Crippen LogP contribution < -0.4 is 4.74 Å². The molecule has 0 bridgehead atoms. The minimum atomic E-state index is -1.25. The lowest BCUT2D eigenvalue weighted by atomic mass is 9.98. The highest BCUT2D eigenvalue weighted by Gasteiger charge is 2.50. The van der Waals surface area contributed by atoms with Crippen molar-refractivity contribution in [2.75, 3.05) is 26.9 Å². The Morgan fingerprint density at radius 2 is 1.71 bits per heavy atom.